The minimum absolute atomic E-state index is 0.0108. The SMILES string of the molecule is CC(C)n1ncc(Cl)c1C(=O)CCCN. The van der Waals surface area contributed by atoms with Crippen LogP contribution in [0.2, 0.25) is 5.02 Å². The Morgan fingerprint density at radius 2 is 2.33 bits per heavy atom. The van der Waals surface area contributed by atoms with Gasteiger partial charge in [0.15, 0.2) is 5.78 Å². The first kappa shape index (κ1) is 12.2. The molecular formula is C10H16ClN3O. The van der Waals surface area contributed by atoms with Gasteiger partial charge in [-0.3, -0.25) is 9.48 Å². The van der Waals surface area contributed by atoms with Crippen molar-refractivity contribution in [3.63, 3.8) is 0 Å². The molecule has 0 amide bonds. The van der Waals surface area contributed by atoms with E-state index in [1.165, 1.54) is 6.20 Å². The number of nitrogens with zero attached hydrogens (tertiary/aromatic N) is 2. The van der Waals surface area contributed by atoms with Crippen LogP contribution in [-0.2, 0) is 0 Å². The molecule has 0 radical (unpaired) electrons. The largest absolute Gasteiger partial charge is 0.330 e. The average Bonchev–Trinajstić information content (AvgIpc) is 2.56. The Balaban J connectivity index is 2.91. The van der Waals surface area contributed by atoms with E-state index >= 15 is 0 Å². The maximum Gasteiger partial charge on any atom is 0.182 e. The smallest absolute Gasteiger partial charge is 0.182 e. The van der Waals surface area contributed by atoms with Crippen molar-refractivity contribution < 1.29 is 4.79 Å². The van der Waals surface area contributed by atoms with Gasteiger partial charge in [0, 0.05) is 12.5 Å². The third-order valence-corrected chi connectivity index (χ3v) is 2.39. The summed E-state index contributed by atoms with van der Waals surface area (Å²) in [6, 6.07) is 0.134. The Morgan fingerprint density at radius 3 is 2.87 bits per heavy atom. The number of Topliss-reactive ketones (excluding diaryl/α,β-unsaturated/α-hetero) is 1. The summed E-state index contributed by atoms with van der Waals surface area (Å²) in [5.74, 6) is 0.0108. The summed E-state index contributed by atoms with van der Waals surface area (Å²) in [4.78, 5) is 11.8. The molecule has 0 fully saturated rings. The van der Waals surface area contributed by atoms with E-state index in [0.717, 1.165) is 0 Å². The van der Waals surface area contributed by atoms with Gasteiger partial charge >= 0.3 is 0 Å². The standard InChI is InChI=1S/C10H16ClN3O/c1-7(2)14-10(8(11)6-13-14)9(15)4-3-5-12/h6-7H,3-5,12H2,1-2H3. The van der Waals surface area contributed by atoms with Gasteiger partial charge < -0.3 is 5.73 Å². The van der Waals surface area contributed by atoms with E-state index in [2.05, 4.69) is 5.10 Å². The monoisotopic (exact) mass is 229 g/mol. The number of hydrogen-bond acceptors (Lipinski definition) is 3. The van der Waals surface area contributed by atoms with Crippen LogP contribution in [0, 0.1) is 0 Å². The van der Waals surface area contributed by atoms with Crippen LogP contribution in [0.25, 0.3) is 0 Å². The van der Waals surface area contributed by atoms with Gasteiger partial charge in [0.25, 0.3) is 0 Å². The zero-order chi connectivity index (χ0) is 11.4. The Hall–Kier alpha value is -0.870. The summed E-state index contributed by atoms with van der Waals surface area (Å²) in [5, 5.41) is 4.50. The molecule has 0 aromatic carbocycles. The summed E-state index contributed by atoms with van der Waals surface area (Å²) in [6.07, 6.45) is 2.62. The van der Waals surface area contributed by atoms with Crippen LogP contribution >= 0.6 is 11.6 Å². The Morgan fingerprint density at radius 1 is 1.67 bits per heavy atom. The molecule has 0 spiro atoms. The third-order valence-electron chi connectivity index (χ3n) is 2.11. The minimum atomic E-state index is 0.0108. The molecule has 0 bridgehead atoms. The van der Waals surface area contributed by atoms with Crippen molar-refractivity contribution in [2.75, 3.05) is 6.54 Å². The highest BCUT2D eigenvalue weighted by atomic mass is 35.5. The lowest BCUT2D eigenvalue weighted by molar-refractivity contribution is 0.0968. The molecule has 0 unspecified atom stereocenters. The van der Waals surface area contributed by atoms with Crippen molar-refractivity contribution in [1.29, 1.82) is 0 Å². The second-order valence-corrected chi connectivity index (χ2v) is 4.10. The number of carbonyl (C=O) groups excluding carboxylic acids is 1. The van der Waals surface area contributed by atoms with E-state index in [0.29, 0.717) is 30.1 Å². The number of halogens is 1. The average molecular weight is 230 g/mol. The highest BCUT2D eigenvalue weighted by Gasteiger charge is 2.18. The summed E-state index contributed by atoms with van der Waals surface area (Å²) in [6.45, 7) is 4.44. The molecule has 1 aromatic heterocycles. The Kier molecular flexibility index (Phi) is 4.29. The highest BCUT2D eigenvalue weighted by molar-refractivity contribution is 6.33. The maximum atomic E-state index is 11.8. The molecule has 0 aliphatic heterocycles. The lowest BCUT2D eigenvalue weighted by Gasteiger charge is -2.10. The Labute approximate surface area is 94.4 Å². The normalized spacial score (nSPS) is 11.0. The number of rotatable bonds is 5. The first-order valence-corrected chi connectivity index (χ1v) is 5.42. The lowest BCUT2D eigenvalue weighted by Crippen LogP contribution is -2.14. The van der Waals surface area contributed by atoms with E-state index in [1.54, 1.807) is 4.68 Å². The highest BCUT2D eigenvalue weighted by Crippen LogP contribution is 2.20. The molecule has 1 aromatic rings. The van der Waals surface area contributed by atoms with Crippen molar-refractivity contribution >= 4 is 17.4 Å². The van der Waals surface area contributed by atoms with Crippen LogP contribution in [0.4, 0.5) is 0 Å². The fourth-order valence-corrected chi connectivity index (χ4v) is 1.61. The van der Waals surface area contributed by atoms with Gasteiger partial charge in [0.05, 0.1) is 11.2 Å². The van der Waals surface area contributed by atoms with E-state index in [4.69, 9.17) is 17.3 Å². The molecule has 1 heterocycles. The van der Waals surface area contributed by atoms with Gasteiger partial charge in [0.2, 0.25) is 0 Å². The quantitative estimate of drug-likeness (QED) is 0.786. The number of ketones is 1. The molecule has 0 saturated carbocycles. The Bertz CT molecular complexity index is 346. The van der Waals surface area contributed by atoms with Crippen LogP contribution in [0.15, 0.2) is 6.20 Å². The third kappa shape index (κ3) is 2.79. The predicted molar refractivity (Wildman–Crippen MR) is 60.2 cm³/mol. The van der Waals surface area contributed by atoms with Gasteiger partial charge in [-0.1, -0.05) is 11.6 Å². The zero-order valence-electron chi connectivity index (χ0n) is 9.03. The molecule has 84 valence electrons. The van der Waals surface area contributed by atoms with E-state index < -0.39 is 0 Å². The molecule has 1 rings (SSSR count). The molecule has 5 heteroatoms. The van der Waals surface area contributed by atoms with E-state index in [1.807, 2.05) is 13.8 Å². The van der Waals surface area contributed by atoms with Gasteiger partial charge in [-0.2, -0.15) is 5.10 Å². The van der Waals surface area contributed by atoms with Gasteiger partial charge in [-0.05, 0) is 26.8 Å². The van der Waals surface area contributed by atoms with E-state index in [9.17, 15) is 4.79 Å². The molecule has 2 N–H and O–H groups in total. The van der Waals surface area contributed by atoms with E-state index in [-0.39, 0.29) is 11.8 Å². The molecule has 0 aliphatic rings. The number of aromatic nitrogens is 2. The molecule has 0 atom stereocenters. The van der Waals surface area contributed by atoms with Crippen LogP contribution in [-0.4, -0.2) is 22.1 Å². The summed E-state index contributed by atoms with van der Waals surface area (Å²) in [7, 11) is 0. The van der Waals surface area contributed by atoms with Crippen LogP contribution in [0.1, 0.15) is 43.2 Å². The molecule has 0 aliphatic carbocycles. The second-order valence-electron chi connectivity index (χ2n) is 3.69. The summed E-state index contributed by atoms with van der Waals surface area (Å²) < 4.78 is 1.65. The maximum absolute atomic E-state index is 11.8. The number of nitrogens with two attached hydrogens (primary N) is 1. The van der Waals surface area contributed by atoms with Gasteiger partial charge in [-0.25, -0.2) is 0 Å². The van der Waals surface area contributed by atoms with Crippen molar-refractivity contribution in [3.8, 4) is 0 Å². The van der Waals surface area contributed by atoms with Crippen LogP contribution < -0.4 is 5.73 Å². The lowest BCUT2D eigenvalue weighted by atomic mass is 10.1. The topological polar surface area (TPSA) is 60.9 Å². The summed E-state index contributed by atoms with van der Waals surface area (Å²) >= 11 is 5.93. The van der Waals surface area contributed by atoms with Crippen LogP contribution in [0.5, 0.6) is 0 Å². The number of hydrogen-bond donors (Lipinski definition) is 1. The van der Waals surface area contributed by atoms with Crippen molar-refractivity contribution in [1.82, 2.24) is 9.78 Å². The second kappa shape index (κ2) is 5.28. The van der Waals surface area contributed by atoms with Crippen LogP contribution in [0.3, 0.4) is 0 Å². The zero-order valence-corrected chi connectivity index (χ0v) is 9.79. The fraction of sp³-hybridized carbons (Fsp3) is 0.600. The molecule has 0 saturated heterocycles. The first-order chi connectivity index (χ1) is 7.07. The molecular weight excluding hydrogens is 214 g/mol. The fourth-order valence-electron chi connectivity index (χ4n) is 1.37. The van der Waals surface area contributed by atoms with Gasteiger partial charge in [-0.15, -0.1) is 0 Å². The summed E-state index contributed by atoms with van der Waals surface area (Å²) in [5.41, 5.74) is 5.86. The van der Waals surface area contributed by atoms with Crippen molar-refractivity contribution in [2.45, 2.75) is 32.7 Å². The number of carbonyl (C=O) groups is 1. The first-order valence-electron chi connectivity index (χ1n) is 5.04. The minimum Gasteiger partial charge on any atom is -0.330 e. The predicted octanol–water partition coefficient (Wildman–Crippen LogP) is 2.04. The molecule has 15 heavy (non-hydrogen) atoms. The van der Waals surface area contributed by atoms with Crippen molar-refractivity contribution in [3.05, 3.63) is 16.9 Å². The van der Waals surface area contributed by atoms with Crippen molar-refractivity contribution in [2.24, 2.45) is 5.73 Å². The van der Waals surface area contributed by atoms with Gasteiger partial charge in [0.1, 0.15) is 5.69 Å². The molecule has 4 nitrogen and oxygen atoms in total.